The average Bonchev–Trinajstić information content (AvgIpc) is 3.49. The lowest BCUT2D eigenvalue weighted by Crippen LogP contribution is -2.30. The highest BCUT2D eigenvalue weighted by molar-refractivity contribution is 8.00. The fourth-order valence-corrected chi connectivity index (χ4v) is 6.55. The molecule has 1 heterocycles. The highest BCUT2D eigenvalue weighted by atomic mass is 35.5. The second kappa shape index (κ2) is 15.6. The molecule has 0 unspecified atom stereocenters. The Morgan fingerprint density at radius 2 is 1.54 bits per heavy atom. The minimum atomic E-state index is -0.597. The van der Waals surface area contributed by atoms with E-state index in [4.69, 9.17) is 46.4 Å². The number of carbonyl (C=O) groups excluding carboxylic acids is 3. The first-order valence-corrected chi connectivity index (χ1v) is 16.8. The van der Waals surface area contributed by atoms with E-state index in [0.717, 1.165) is 4.90 Å². The normalized spacial score (nSPS) is 11.2. The zero-order valence-electron chi connectivity index (χ0n) is 23.5. The lowest BCUT2D eigenvalue weighted by molar-refractivity contribution is -0.114. The van der Waals surface area contributed by atoms with Gasteiger partial charge in [-0.1, -0.05) is 76.7 Å². The number of thioether (sulfide) groups is 1. The predicted molar refractivity (Wildman–Crippen MR) is 190 cm³/mol. The molecule has 5 rings (SSSR count). The number of aromatic nitrogens is 1. The van der Waals surface area contributed by atoms with Crippen LogP contribution in [-0.2, 0) is 9.59 Å². The summed E-state index contributed by atoms with van der Waals surface area (Å²) in [5.74, 6) is -1.24. The molecule has 7 nitrogen and oxygen atoms in total. The number of rotatable bonds is 10. The maximum atomic E-state index is 13.5. The monoisotopic (exact) mass is 726 g/mol. The van der Waals surface area contributed by atoms with E-state index in [1.165, 1.54) is 29.2 Å². The van der Waals surface area contributed by atoms with E-state index in [1.54, 1.807) is 90.3 Å². The van der Waals surface area contributed by atoms with Gasteiger partial charge in [-0.15, -0.1) is 23.1 Å². The van der Waals surface area contributed by atoms with Crippen molar-refractivity contribution in [3.8, 4) is 11.3 Å². The zero-order valence-corrected chi connectivity index (χ0v) is 28.2. The van der Waals surface area contributed by atoms with E-state index in [2.05, 4.69) is 20.9 Å². The highest BCUT2D eigenvalue weighted by Gasteiger charge is 2.17. The Labute approximate surface area is 292 Å². The van der Waals surface area contributed by atoms with Crippen LogP contribution >= 0.6 is 69.5 Å². The van der Waals surface area contributed by atoms with E-state index in [-0.39, 0.29) is 17.4 Å². The smallest absolute Gasteiger partial charge is 0.272 e. The highest BCUT2D eigenvalue weighted by Crippen LogP contribution is 2.33. The molecule has 0 atom stereocenters. The lowest BCUT2D eigenvalue weighted by atomic mass is 10.1. The quantitative estimate of drug-likeness (QED) is 0.0983. The first kappa shape index (κ1) is 33.5. The van der Waals surface area contributed by atoms with Gasteiger partial charge < -0.3 is 16.0 Å². The van der Waals surface area contributed by atoms with Gasteiger partial charge in [0.25, 0.3) is 11.8 Å². The van der Waals surface area contributed by atoms with Crippen LogP contribution < -0.4 is 16.0 Å². The van der Waals surface area contributed by atoms with Gasteiger partial charge in [-0.3, -0.25) is 14.4 Å². The van der Waals surface area contributed by atoms with Crippen molar-refractivity contribution >= 4 is 104 Å². The molecule has 0 aliphatic rings. The van der Waals surface area contributed by atoms with Crippen LogP contribution in [0, 0.1) is 0 Å². The molecule has 3 N–H and O–H groups in total. The maximum absolute atomic E-state index is 13.5. The number of nitrogens with zero attached hydrogens (tertiary/aromatic N) is 1. The van der Waals surface area contributed by atoms with Crippen LogP contribution in [0.2, 0.25) is 20.1 Å². The Kier molecular flexibility index (Phi) is 11.4. The van der Waals surface area contributed by atoms with Crippen molar-refractivity contribution < 1.29 is 14.4 Å². The van der Waals surface area contributed by atoms with Gasteiger partial charge in [-0.05, 0) is 66.7 Å². The largest absolute Gasteiger partial charge is 0.321 e. The van der Waals surface area contributed by atoms with Gasteiger partial charge >= 0.3 is 0 Å². The summed E-state index contributed by atoms with van der Waals surface area (Å²) in [6, 6.07) is 25.5. The van der Waals surface area contributed by atoms with Gasteiger partial charge in [0.1, 0.15) is 5.70 Å². The minimum absolute atomic E-state index is 0.0657. The van der Waals surface area contributed by atoms with Crippen molar-refractivity contribution in [2.45, 2.75) is 4.90 Å². The predicted octanol–water partition coefficient (Wildman–Crippen LogP) is 9.56. The molecular weight excluding hydrogens is 706 g/mol. The number of halogens is 4. The Bertz CT molecular complexity index is 1930. The Hall–Kier alpha value is -3.83. The van der Waals surface area contributed by atoms with E-state index < -0.39 is 11.8 Å². The Morgan fingerprint density at radius 1 is 0.804 bits per heavy atom. The van der Waals surface area contributed by atoms with Crippen LogP contribution in [0.3, 0.4) is 0 Å². The molecule has 0 spiro atoms. The standard InChI is InChI=1S/C33H22Cl4N4O3S2/c34-20-12-13-23(27(37)14-20)29-17-46-33(40-29)41-30(42)18-45-22-9-4-8-21(15-22)38-32(44)28(16-24-25(35)10-5-11-26(24)36)39-31(43)19-6-2-1-3-7-19/h1-17H,18H2,(H,38,44)(H,39,43)(H,40,41,42)/b28-16+. The Morgan fingerprint density at radius 3 is 2.28 bits per heavy atom. The van der Waals surface area contributed by atoms with Crippen LogP contribution in [0.5, 0.6) is 0 Å². The first-order valence-electron chi connectivity index (χ1n) is 13.4. The van der Waals surface area contributed by atoms with Gasteiger partial charge in [-0.25, -0.2) is 4.98 Å². The van der Waals surface area contributed by atoms with Crippen LogP contribution in [0.15, 0.2) is 107 Å². The molecular formula is C33H22Cl4N4O3S2. The topological polar surface area (TPSA) is 100 Å². The summed E-state index contributed by atoms with van der Waals surface area (Å²) in [4.78, 5) is 44.3. The van der Waals surface area contributed by atoms with Crippen LogP contribution in [0.25, 0.3) is 17.3 Å². The number of thiazole rings is 1. The summed E-state index contributed by atoms with van der Waals surface area (Å²) >= 11 is 27.5. The van der Waals surface area contributed by atoms with E-state index in [0.29, 0.717) is 53.3 Å². The minimum Gasteiger partial charge on any atom is -0.321 e. The molecule has 0 aliphatic carbocycles. The second-order valence-electron chi connectivity index (χ2n) is 9.49. The van der Waals surface area contributed by atoms with Crippen molar-refractivity contribution in [2.75, 3.05) is 16.4 Å². The molecule has 0 aliphatic heterocycles. The third-order valence-corrected chi connectivity index (χ3v) is 9.20. The van der Waals surface area contributed by atoms with Gasteiger partial charge in [-0.2, -0.15) is 0 Å². The van der Waals surface area contributed by atoms with Crippen LogP contribution in [0.1, 0.15) is 15.9 Å². The number of nitrogens with one attached hydrogen (secondary N) is 3. The molecule has 46 heavy (non-hydrogen) atoms. The number of hydrogen-bond donors (Lipinski definition) is 3. The van der Waals surface area contributed by atoms with E-state index in [9.17, 15) is 14.4 Å². The van der Waals surface area contributed by atoms with Crippen LogP contribution in [0.4, 0.5) is 10.8 Å². The molecule has 0 radical (unpaired) electrons. The summed E-state index contributed by atoms with van der Waals surface area (Å²) in [5.41, 5.74) is 2.47. The average molecular weight is 729 g/mol. The van der Waals surface area contributed by atoms with E-state index >= 15 is 0 Å². The van der Waals surface area contributed by atoms with Gasteiger partial charge in [0, 0.05) is 47.7 Å². The molecule has 4 aromatic carbocycles. The van der Waals surface area contributed by atoms with Crippen molar-refractivity contribution in [3.63, 3.8) is 0 Å². The Balaban J connectivity index is 1.25. The zero-order chi connectivity index (χ0) is 32.6. The summed E-state index contributed by atoms with van der Waals surface area (Å²) in [6.45, 7) is 0. The third kappa shape index (κ3) is 8.91. The van der Waals surface area contributed by atoms with Crippen molar-refractivity contribution in [2.24, 2.45) is 0 Å². The molecule has 0 saturated heterocycles. The summed E-state index contributed by atoms with van der Waals surface area (Å²) in [7, 11) is 0. The van der Waals surface area contributed by atoms with Crippen molar-refractivity contribution in [3.05, 3.63) is 133 Å². The SMILES string of the molecule is O=C(CSc1cccc(NC(=O)/C(=C\c2c(Cl)cccc2Cl)NC(=O)c2ccccc2)c1)Nc1nc(-c2ccc(Cl)cc2Cl)cs1. The molecule has 0 saturated carbocycles. The number of carbonyl (C=O) groups is 3. The molecule has 3 amide bonds. The third-order valence-electron chi connectivity index (χ3n) is 6.24. The van der Waals surface area contributed by atoms with E-state index in [1.807, 2.05) is 6.07 Å². The van der Waals surface area contributed by atoms with Gasteiger partial charge in [0.15, 0.2) is 5.13 Å². The van der Waals surface area contributed by atoms with Crippen molar-refractivity contribution in [1.82, 2.24) is 10.3 Å². The number of amides is 3. The summed E-state index contributed by atoms with van der Waals surface area (Å²) in [6.07, 6.45) is 1.43. The van der Waals surface area contributed by atoms with Crippen molar-refractivity contribution in [1.29, 1.82) is 0 Å². The molecule has 5 aromatic rings. The van der Waals surface area contributed by atoms with Gasteiger partial charge in [0.05, 0.1) is 16.5 Å². The maximum Gasteiger partial charge on any atom is 0.272 e. The number of anilines is 2. The molecule has 232 valence electrons. The first-order chi connectivity index (χ1) is 22.2. The molecule has 1 aromatic heterocycles. The number of hydrogen-bond acceptors (Lipinski definition) is 6. The lowest BCUT2D eigenvalue weighted by Gasteiger charge is -2.13. The molecule has 0 fully saturated rings. The summed E-state index contributed by atoms with van der Waals surface area (Å²) in [5, 5.41) is 12.1. The van der Waals surface area contributed by atoms with Crippen LogP contribution in [-0.4, -0.2) is 28.5 Å². The van der Waals surface area contributed by atoms with Gasteiger partial charge in [0.2, 0.25) is 5.91 Å². The summed E-state index contributed by atoms with van der Waals surface area (Å²) < 4.78 is 0. The fourth-order valence-electron chi connectivity index (χ4n) is 4.05. The molecule has 0 bridgehead atoms. The second-order valence-corrected chi connectivity index (χ2v) is 13.1. The number of benzene rings is 4. The fraction of sp³-hybridized carbons (Fsp3) is 0.0303. The molecule has 13 heteroatoms.